The molecule has 0 heterocycles. The zero-order valence-electron chi connectivity index (χ0n) is 12.4. The predicted molar refractivity (Wildman–Crippen MR) is 96.4 cm³/mol. The third-order valence-corrected chi connectivity index (χ3v) is 2.53. The quantitative estimate of drug-likeness (QED) is 0.317. The number of benzene rings is 1. The van der Waals surface area contributed by atoms with Crippen molar-refractivity contribution in [2.75, 3.05) is 20.3 Å². The summed E-state index contributed by atoms with van der Waals surface area (Å²) in [5.74, 6) is 4.12. The van der Waals surface area contributed by atoms with E-state index in [2.05, 4.69) is 23.2 Å². The Labute approximate surface area is 143 Å². The standard InChI is InChI=1S/C15H21N3O2.HI/c1-4-8-17-15(16)18-11-12-6-7-13(19-3)14(10-12)20-9-5-2;/h2,6-7,10H,4,8-9,11H2,1,3H3,(H3,16,17,18);1H. The van der Waals surface area contributed by atoms with Gasteiger partial charge in [-0.05, 0) is 24.1 Å². The molecule has 1 aromatic rings. The number of aliphatic imine (C=N–C) groups is 1. The second-order valence-electron chi connectivity index (χ2n) is 4.11. The maximum absolute atomic E-state index is 5.74. The summed E-state index contributed by atoms with van der Waals surface area (Å²) < 4.78 is 10.6. The maximum Gasteiger partial charge on any atom is 0.188 e. The monoisotopic (exact) mass is 403 g/mol. The summed E-state index contributed by atoms with van der Waals surface area (Å²) in [6, 6.07) is 5.59. The van der Waals surface area contributed by atoms with Gasteiger partial charge in [0.05, 0.1) is 13.7 Å². The number of nitrogens with two attached hydrogens (primary N) is 1. The minimum atomic E-state index is 0. The van der Waals surface area contributed by atoms with Gasteiger partial charge in [-0.15, -0.1) is 30.4 Å². The lowest BCUT2D eigenvalue weighted by atomic mass is 10.2. The first-order valence-electron chi connectivity index (χ1n) is 6.48. The summed E-state index contributed by atoms with van der Waals surface area (Å²) in [6.45, 7) is 3.55. The van der Waals surface area contributed by atoms with Crippen LogP contribution in [0.15, 0.2) is 23.2 Å². The molecule has 116 valence electrons. The number of methoxy groups -OCH3 is 1. The molecule has 0 atom stereocenters. The third kappa shape index (κ3) is 7.09. The van der Waals surface area contributed by atoms with Crippen LogP contribution in [0.25, 0.3) is 0 Å². The van der Waals surface area contributed by atoms with Crippen LogP contribution in [0.1, 0.15) is 18.9 Å². The van der Waals surface area contributed by atoms with Crippen LogP contribution < -0.4 is 20.5 Å². The number of guanidine groups is 1. The molecule has 3 N–H and O–H groups in total. The van der Waals surface area contributed by atoms with Crippen LogP contribution in [0.3, 0.4) is 0 Å². The average molecular weight is 403 g/mol. The van der Waals surface area contributed by atoms with Gasteiger partial charge in [-0.3, -0.25) is 0 Å². The van der Waals surface area contributed by atoms with Crippen molar-refractivity contribution in [1.29, 1.82) is 0 Å². The van der Waals surface area contributed by atoms with Crippen molar-refractivity contribution in [3.8, 4) is 23.8 Å². The van der Waals surface area contributed by atoms with Crippen LogP contribution in [0, 0.1) is 12.3 Å². The van der Waals surface area contributed by atoms with E-state index in [0.29, 0.717) is 24.0 Å². The summed E-state index contributed by atoms with van der Waals surface area (Å²) in [4.78, 5) is 4.26. The summed E-state index contributed by atoms with van der Waals surface area (Å²) >= 11 is 0. The van der Waals surface area contributed by atoms with Crippen molar-refractivity contribution in [1.82, 2.24) is 5.32 Å². The second-order valence-corrected chi connectivity index (χ2v) is 4.11. The van der Waals surface area contributed by atoms with Gasteiger partial charge in [0.1, 0.15) is 6.61 Å². The average Bonchev–Trinajstić information content (AvgIpc) is 2.48. The zero-order chi connectivity index (χ0) is 14.8. The maximum atomic E-state index is 5.74. The van der Waals surface area contributed by atoms with Gasteiger partial charge in [0.25, 0.3) is 0 Å². The largest absolute Gasteiger partial charge is 0.493 e. The molecule has 6 heteroatoms. The molecule has 5 nitrogen and oxygen atoms in total. The topological polar surface area (TPSA) is 68.9 Å². The molecule has 21 heavy (non-hydrogen) atoms. The molecule has 0 unspecified atom stereocenters. The summed E-state index contributed by atoms with van der Waals surface area (Å²) in [6.07, 6.45) is 6.19. The normalized spacial score (nSPS) is 10.2. The number of rotatable bonds is 7. The molecule has 0 aliphatic heterocycles. The second kappa shape index (κ2) is 11.1. The summed E-state index contributed by atoms with van der Waals surface area (Å²) in [5.41, 5.74) is 6.71. The number of terminal acetylenes is 1. The number of nitrogens with one attached hydrogen (secondary N) is 1. The van der Waals surface area contributed by atoms with E-state index in [1.807, 2.05) is 18.2 Å². The number of halogens is 1. The Kier molecular flexibility index (Phi) is 10.2. The van der Waals surface area contributed by atoms with Crippen molar-refractivity contribution in [3.05, 3.63) is 23.8 Å². The van der Waals surface area contributed by atoms with Gasteiger partial charge < -0.3 is 20.5 Å². The van der Waals surface area contributed by atoms with Gasteiger partial charge in [-0.25, -0.2) is 4.99 Å². The van der Waals surface area contributed by atoms with Crippen LogP contribution in [0.4, 0.5) is 0 Å². The highest BCUT2D eigenvalue weighted by atomic mass is 127. The lowest BCUT2D eigenvalue weighted by Gasteiger charge is -2.10. The lowest BCUT2D eigenvalue weighted by molar-refractivity contribution is 0.330. The van der Waals surface area contributed by atoms with Gasteiger partial charge >= 0.3 is 0 Å². The molecular formula is C15H22IN3O2. The number of hydrogen-bond acceptors (Lipinski definition) is 3. The van der Waals surface area contributed by atoms with E-state index in [9.17, 15) is 0 Å². The molecule has 0 bridgehead atoms. The number of nitrogens with zero attached hydrogens (tertiary/aromatic N) is 1. The van der Waals surface area contributed by atoms with Gasteiger partial charge in [0, 0.05) is 6.54 Å². The van der Waals surface area contributed by atoms with Crippen LogP contribution in [-0.2, 0) is 6.54 Å². The van der Waals surface area contributed by atoms with Crippen LogP contribution in [0.5, 0.6) is 11.5 Å². The Bertz CT molecular complexity index is 498. The molecule has 0 aromatic heterocycles. The molecule has 0 saturated carbocycles. The highest BCUT2D eigenvalue weighted by Gasteiger charge is 2.05. The van der Waals surface area contributed by atoms with Crippen molar-refractivity contribution < 1.29 is 9.47 Å². The van der Waals surface area contributed by atoms with Gasteiger partial charge in [-0.2, -0.15) is 0 Å². The molecule has 1 rings (SSSR count). The first-order valence-corrected chi connectivity index (χ1v) is 6.48. The minimum absolute atomic E-state index is 0. The van der Waals surface area contributed by atoms with Crippen LogP contribution in [0.2, 0.25) is 0 Å². The predicted octanol–water partition coefficient (Wildman–Crippen LogP) is 2.14. The molecule has 1 aromatic carbocycles. The molecule has 0 radical (unpaired) electrons. The molecule has 0 aliphatic carbocycles. The van der Waals surface area contributed by atoms with E-state index >= 15 is 0 Å². The first kappa shape index (κ1) is 19.4. The van der Waals surface area contributed by atoms with E-state index < -0.39 is 0 Å². The molecular weight excluding hydrogens is 381 g/mol. The highest BCUT2D eigenvalue weighted by molar-refractivity contribution is 14.0. The number of hydrogen-bond donors (Lipinski definition) is 2. The molecule has 0 saturated heterocycles. The smallest absolute Gasteiger partial charge is 0.188 e. The summed E-state index contributed by atoms with van der Waals surface area (Å²) in [5, 5.41) is 3.02. The van der Waals surface area contributed by atoms with E-state index in [-0.39, 0.29) is 30.6 Å². The fraction of sp³-hybridized carbons (Fsp3) is 0.400. The Balaban J connectivity index is 0.00000400. The highest BCUT2D eigenvalue weighted by Crippen LogP contribution is 2.28. The fourth-order valence-electron chi connectivity index (χ4n) is 1.54. The SMILES string of the molecule is C#CCOc1cc(CN=C(N)NCCC)ccc1OC.I. The first-order chi connectivity index (χ1) is 9.71. The lowest BCUT2D eigenvalue weighted by Crippen LogP contribution is -2.32. The van der Waals surface area contributed by atoms with Crippen molar-refractivity contribution in [2.45, 2.75) is 19.9 Å². The van der Waals surface area contributed by atoms with Gasteiger partial charge in [0.2, 0.25) is 0 Å². The zero-order valence-corrected chi connectivity index (χ0v) is 14.7. The van der Waals surface area contributed by atoms with E-state index in [0.717, 1.165) is 18.5 Å². The van der Waals surface area contributed by atoms with Gasteiger partial charge in [0.15, 0.2) is 17.5 Å². The van der Waals surface area contributed by atoms with E-state index in [1.165, 1.54) is 0 Å². The minimum Gasteiger partial charge on any atom is -0.493 e. The number of ether oxygens (including phenoxy) is 2. The molecule has 0 aliphatic rings. The van der Waals surface area contributed by atoms with Crippen molar-refractivity contribution in [3.63, 3.8) is 0 Å². The molecule has 0 spiro atoms. The van der Waals surface area contributed by atoms with Crippen LogP contribution in [-0.4, -0.2) is 26.2 Å². The van der Waals surface area contributed by atoms with Gasteiger partial charge in [-0.1, -0.05) is 18.9 Å². The Morgan fingerprint density at radius 2 is 2.19 bits per heavy atom. The Morgan fingerprint density at radius 1 is 1.43 bits per heavy atom. The van der Waals surface area contributed by atoms with Crippen molar-refractivity contribution in [2.24, 2.45) is 10.7 Å². The molecule has 0 fully saturated rings. The fourth-order valence-corrected chi connectivity index (χ4v) is 1.54. The summed E-state index contributed by atoms with van der Waals surface area (Å²) in [7, 11) is 1.59. The van der Waals surface area contributed by atoms with Crippen molar-refractivity contribution >= 4 is 29.9 Å². The van der Waals surface area contributed by atoms with E-state index in [1.54, 1.807) is 7.11 Å². The Morgan fingerprint density at radius 3 is 2.81 bits per heavy atom. The van der Waals surface area contributed by atoms with E-state index in [4.69, 9.17) is 21.6 Å². The molecule has 0 amide bonds. The Hall–Kier alpha value is -1.62. The third-order valence-electron chi connectivity index (χ3n) is 2.53. The van der Waals surface area contributed by atoms with Crippen LogP contribution >= 0.6 is 24.0 Å².